The van der Waals surface area contributed by atoms with Gasteiger partial charge in [-0.2, -0.15) is 9.97 Å². The molecule has 0 atom stereocenters. The van der Waals surface area contributed by atoms with E-state index < -0.39 is 0 Å². The number of hydrogen-bond donors (Lipinski definition) is 0. The highest BCUT2D eigenvalue weighted by Crippen LogP contribution is 2.43. The smallest absolute Gasteiger partial charge is 0.238 e. The Morgan fingerprint density at radius 2 is 0.698 bits per heavy atom. The van der Waals surface area contributed by atoms with Gasteiger partial charge in [-0.25, -0.2) is 4.98 Å². The van der Waals surface area contributed by atoms with Crippen LogP contribution in [-0.4, -0.2) is 28.7 Å². The van der Waals surface area contributed by atoms with E-state index in [1.165, 1.54) is 43.7 Å². The molecule has 4 aromatic heterocycles. The lowest BCUT2D eigenvalue weighted by atomic mass is 10.0. The summed E-state index contributed by atoms with van der Waals surface area (Å²) in [6, 6.07) is 77.4. The van der Waals surface area contributed by atoms with E-state index in [4.69, 9.17) is 15.0 Å². The minimum absolute atomic E-state index is 0.569. The monoisotopic (exact) mass is 804 g/mol. The van der Waals surface area contributed by atoms with Crippen molar-refractivity contribution in [2.24, 2.45) is 0 Å². The molecule has 0 fully saturated rings. The molecular formula is C57H36N6. The Hall–Kier alpha value is -8.61. The van der Waals surface area contributed by atoms with E-state index in [2.05, 4.69) is 196 Å². The molecule has 0 spiro atoms. The van der Waals surface area contributed by atoms with Crippen molar-refractivity contribution in [3.05, 3.63) is 218 Å². The summed E-state index contributed by atoms with van der Waals surface area (Å²) in [7, 11) is 0. The molecule has 13 aromatic rings. The van der Waals surface area contributed by atoms with Gasteiger partial charge in [0.1, 0.15) is 0 Å². The van der Waals surface area contributed by atoms with Crippen LogP contribution in [0, 0.1) is 0 Å². The number of benzene rings is 9. The zero-order valence-electron chi connectivity index (χ0n) is 34.0. The third-order valence-electron chi connectivity index (χ3n) is 12.5. The molecule has 0 aliphatic rings. The van der Waals surface area contributed by atoms with Crippen LogP contribution in [-0.2, 0) is 0 Å². The molecule has 0 unspecified atom stereocenters. The third-order valence-corrected chi connectivity index (χ3v) is 12.5. The predicted octanol–water partition coefficient (Wildman–Crippen LogP) is 14.2. The fourth-order valence-electron chi connectivity index (χ4n) is 9.74. The van der Waals surface area contributed by atoms with Crippen LogP contribution in [0.3, 0.4) is 0 Å². The molecule has 0 saturated carbocycles. The Kier molecular flexibility index (Phi) is 7.80. The Bertz CT molecular complexity index is 3840. The molecule has 294 valence electrons. The van der Waals surface area contributed by atoms with Gasteiger partial charge in [-0.15, -0.1) is 0 Å². The van der Waals surface area contributed by atoms with Gasteiger partial charge in [0.05, 0.1) is 33.1 Å². The second kappa shape index (κ2) is 14.0. The molecule has 0 aliphatic heterocycles. The number of fused-ring (bicyclic) bond motifs is 10. The van der Waals surface area contributed by atoms with Crippen LogP contribution in [0.15, 0.2) is 218 Å². The maximum atomic E-state index is 5.21. The lowest BCUT2D eigenvalue weighted by molar-refractivity contribution is 0.953. The first kappa shape index (κ1) is 35.2. The van der Waals surface area contributed by atoms with Gasteiger partial charge < -0.3 is 9.13 Å². The van der Waals surface area contributed by atoms with Crippen molar-refractivity contribution in [2.45, 2.75) is 0 Å². The van der Waals surface area contributed by atoms with Crippen LogP contribution < -0.4 is 0 Å². The molecule has 4 heterocycles. The second-order valence-electron chi connectivity index (χ2n) is 16.0. The highest BCUT2D eigenvalue weighted by Gasteiger charge is 2.23. The molecule has 9 aromatic carbocycles. The van der Waals surface area contributed by atoms with Crippen LogP contribution in [0.5, 0.6) is 0 Å². The number of nitrogens with zero attached hydrogens (tertiary/aromatic N) is 6. The average molecular weight is 805 g/mol. The predicted molar refractivity (Wildman–Crippen MR) is 259 cm³/mol. The van der Waals surface area contributed by atoms with Gasteiger partial charge >= 0.3 is 0 Å². The van der Waals surface area contributed by atoms with E-state index in [1.807, 2.05) is 36.4 Å². The summed E-state index contributed by atoms with van der Waals surface area (Å²) in [5.74, 6) is 1.82. The van der Waals surface area contributed by atoms with Gasteiger partial charge in [-0.3, -0.25) is 4.57 Å². The minimum Gasteiger partial charge on any atom is -0.309 e. The highest BCUT2D eigenvalue weighted by atomic mass is 15.2. The quantitative estimate of drug-likeness (QED) is 0.168. The van der Waals surface area contributed by atoms with Crippen molar-refractivity contribution in [1.82, 2.24) is 28.7 Å². The lowest BCUT2D eigenvalue weighted by Crippen LogP contribution is -2.06. The third kappa shape index (κ3) is 5.48. The fraction of sp³-hybridized carbons (Fsp3) is 0. The molecule has 6 heteroatoms. The fourth-order valence-corrected chi connectivity index (χ4v) is 9.74. The van der Waals surface area contributed by atoms with Crippen molar-refractivity contribution in [2.75, 3.05) is 0 Å². The van der Waals surface area contributed by atoms with Crippen molar-refractivity contribution >= 4 is 65.4 Å². The van der Waals surface area contributed by atoms with Crippen molar-refractivity contribution in [3.63, 3.8) is 0 Å². The maximum Gasteiger partial charge on any atom is 0.238 e. The summed E-state index contributed by atoms with van der Waals surface area (Å²) >= 11 is 0. The van der Waals surface area contributed by atoms with E-state index in [0.29, 0.717) is 17.6 Å². The van der Waals surface area contributed by atoms with E-state index in [-0.39, 0.29) is 0 Å². The molecule has 0 saturated heterocycles. The zero-order valence-corrected chi connectivity index (χ0v) is 34.0. The van der Waals surface area contributed by atoms with Gasteiger partial charge in [-0.05, 0) is 65.7 Å². The summed E-state index contributed by atoms with van der Waals surface area (Å²) in [6.07, 6.45) is 0. The summed E-state index contributed by atoms with van der Waals surface area (Å²) in [4.78, 5) is 15.4. The van der Waals surface area contributed by atoms with E-state index in [1.54, 1.807) is 0 Å². The molecule has 63 heavy (non-hydrogen) atoms. The SMILES string of the molecule is c1ccc(-c2cccc(-n3c4ccccc4c4c5c6ccccc6n(-c6ccc7c8ccccc8n(-c8nc(-c9ccccc9)nc(-c9ccccc9)n8)c7c6)c5ccc43)c2)cc1. The van der Waals surface area contributed by atoms with Crippen LogP contribution >= 0.6 is 0 Å². The summed E-state index contributed by atoms with van der Waals surface area (Å²) in [5.41, 5.74) is 13.1. The maximum absolute atomic E-state index is 5.21. The Morgan fingerprint density at radius 3 is 1.27 bits per heavy atom. The Balaban J connectivity index is 1.07. The number of hydrogen-bond acceptors (Lipinski definition) is 3. The molecular weight excluding hydrogens is 769 g/mol. The second-order valence-corrected chi connectivity index (χ2v) is 16.0. The number of rotatable bonds is 6. The summed E-state index contributed by atoms with van der Waals surface area (Å²) in [5, 5.41) is 7.16. The topological polar surface area (TPSA) is 53.5 Å². The molecule has 0 aliphatic carbocycles. The van der Waals surface area contributed by atoms with Crippen LogP contribution in [0.25, 0.3) is 117 Å². The Labute approximate surface area is 362 Å². The summed E-state index contributed by atoms with van der Waals surface area (Å²) in [6.45, 7) is 0. The van der Waals surface area contributed by atoms with E-state index in [9.17, 15) is 0 Å². The first-order valence-electron chi connectivity index (χ1n) is 21.3. The van der Waals surface area contributed by atoms with Crippen molar-refractivity contribution in [3.8, 4) is 51.2 Å². The molecule has 0 amide bonds. The highest BCUT2D eigenvalue weighted by molar-refractivity contribution is 6.29. The van der Waals surface area contributed by atoms with E-state index >= 15 is 0 Å². The minimum atomic E-state index is 0.569. The molecule has 13 rings (SSSR count). The zero-order chi connectivity index (χ0) is 41.4. The van der Waals surface area contributed by atoms with Crippen LogP contribution in [0.2, 0.25) is 0 Å². The largest absolute Gasteiger partial charge is 0.309 e. The van der Waals surface area contributed by atoms with Crippen molar-refractivity contribution in [1.29, 1.82) is 0 Å². The van der Waals surface area contributed by atoms with Gasteiger partial charge in [0.15, 0.2) is 11.6 Å². The van der Waals surface area contributed by atoms with Crippen LogP contribution in [0.1, 0.15) is 0 Å². The number of para-hydroxylation sites is 3. The molecule has 0 radical (unpaired) electrons. The molecule has 0 bridgehead atoms. The summed E-state index contributed by atoms with van der Waals surface area (Å²) < 4.78 is 7.05. The van der Waals surface area contributed by atoms with Gasteiger partial charge in [0.25, 0.3) is 0 Å². The van der Waals surface area contributed by atoms with Gasteiger partial charge in [0.2, 0.25) is 5.95 Å². The van der Waals surface area contributed by atoms with Crippen LogP contribution in [0.4, 0.5) is 0 Å². The van der Waals surface area contributed by atoms with Gasteiger partial charge in [-0.1, -0.05) is 164 Å². The first-order chi connectivity index (χ1) is 31.3. The Morgan fingerprint density at radius 1 is 0.254 bits per heavy atom. The lowest BCUT2D eigenvalue weighted by Gasteiger charge is -2.12. The molecule has 0 N–H and O–H groups in total. The van der Waals surface area contributed by atoms with E-state index in [0.717, 1.165) is 55.3 Å². The van der Waals surface area contributed by atoms with Gasteiger partial charge in [0, 0.05) is 54.8 Å². The first-order valence-corrected chi connectivity index (χ1v) is 21.3. The molecule has 6 nitrogen and oxygen atoms in total. The number of aromatic nitrogens is 6. The average Bonchev–Trinajstić information content (AvgIpc) is 4.00. The standard InChI is InChI=1S/C57H36N6/c1-4-17-37(18-5-1)40-23-16-24-41(35-40)61-48-29-14-11-26-45(48)53-50(61)33-34-51-54(53)46-27-12-15-30-49(46)62(51)42-31-32-44-43-25-10-13-28-47(43)63(52(44)36-42)57-59-55(38-19-6-2-7-20-38)58-56(60-57)39-21-8-3-9-22-39/h1-36H. The van der Waals surface area contributed by atoms with Crippen molar-refractivity contribution < 1.29 is 0 Å². The normalized spacial score (nSPS) is 11.8.